The van der Waals surface area contributed by atoms with E-state index in [0.717, 1.165) is 35.0 Å². The molecule has 2 aromatic heterocycles. The standard InChI is InChI=1S/C18H17N3O3S/c1-10-2-7-13-14(8-10)25-18-16(13)17(22)19-15(20-18)9-11-3-5-12(6-4-11)21(23)24/h3-6,10H,2,7-9H2,1H3,(H,19,20,22). The number of benzene rings is 1. The van der Waals surface area contributed by atoms with Crippen LogP contribution >= 0.6 is 11.3 Å². The van der Waals surface area contributed by atoms with Gasteiger partial charge in [0.05, 0.1) is 10.3 Å². The number of thiophene rings is 1. The van der Waals surface area contributed by atoms with Gasteiger partial charge in [-0.05, 0) is 36.3 Å². The van der Waals surface area contributed by atoms with Crippen LogP contribution in [0.2, 0.25) is 0 Å². The Labute approximate surface area is 147 Å². The fourth-order valence-electron chi connectivity index (χ4n) is 3.41. The molecule has 1 aliphatic carbocycles. The first kappa shape index (κ1) is 16.0. The van der Waals surface area contributed by atoms with Gasteiger partial charge in [-0.15, -0.1) is 11.3 Å². The number of aromatic nitrogens is 2. The minimum absolute atomic E-state index is 0.0562. The third kappa shape index (κ3) is 2.95. The Morgan fingerprint density at radius 2 is 2.12 bits per heavy atom. The van der Waals surface area contributed by atoms with Crippen molar-refractivity contribution in [3.05, 3.63) is 66.6 Å². The molecule has 1 N–H and O–H groups in total. The third-order valence-electron chi connectivity index (χ3n) is 4.73. The van der Waals surface area contributed by atoms with Crippen LogP contribution in [0.1, 0.15) is 35.2 Å². The van der Waals surface area contributed by atoms with E-state index in [0.29, 0.717) is 18.2 Å². The zero-order valence-electron chi connectivity index (χ0n) is 13.7. The quantitative estimate of drug-likeness (QED) is 0.574. The molecule has 1 aliphatic rings. The molecule has 6 nitrogen and oxygen atoms in total. The summed E-state index contributed by atoms with van der Waals surface area (Å²) in [7, 11) is 0. The minimum atomic E-state index is -0.423. The first-order valence-electron chi connectivity index (χ1n) is 8.28. The second-order valence-electron chi connectivity index (χ2n) is 6.64. The average Bonchev–Trinajstić information content (AvgIpc) is 2.92. The lowest BCUT2D eigenvalue weighted by molar-refractivity contribution is -0.384. The lowest BCUT2D eigenvalue weighted by Gasteiger charge is -2.17. The molecule has 0 saturated heterocycles. The zero-order valence-corrected chi connectivity index (χ0v) is 14.6. The molecule has 4 rings (SSSR count). The van der Waals surface area contributed by atoms with Crippen LogP contribution in [-0.4, -0.2) is 14.9 Å². The van der Waals surface area contributed by atoms with Gasteiger partial charge in [-0.3, -0.25) is 14.9 Å². The molecule has 3 aromatic rings. The van der Waals surface area contributed by atoms with E-state index < -0.39 is 4.92 Å². The number of hydrogen-bond donors (Lipinski definition) is 1. The van der Waals surface area contributed by atoms with Gasteiger partial charge in [0.15, 0.2) is 0 Å². The molecule has 0 amide bonds. The van der Waals surface area contributed by atoms with Crippen LogP contribution in [0.15, 0.2) is 29.1 Å². The number of nitro benzene ring substituents is 1. The molecule has 128 valence electrons. The fourth-order valence-corrected chi connectivity index (χ4v) is 4.81. The number of nitrogens with zero attached hydrogens (tertiary/aromatic N) is 2. The van der Waals surface area contributed by atoms with E-state index in [1.807, 2.05) is 0 Å². The topological polar surface area (TPSA) is 88.9 Å². The Hall–Kier alpha value is -2.54. The van der Waals surface area contributed by atoms with Crippen molar-refractivity contribution in [3.63, 3.8) is 0 Å². The Kier molecular flexibility index (Phi) is 3.88. The summed E-state index contributed by atoms with van der Waals surface area (Å²) < 4.78 is 0. The summed E-state index contributed by atoms with van der Waals surface area (Å²) in [6, 6.07) is 6.33. The van der Waals surface area contributed by atoms with E-state index in [2.05, 4.69) is 16.9 Å². The molecule has 1 aromatic carbocycles. The van der Waals surface area contributed by atoms with Crippen LogP contribution < -0.4 is 5.56 Å². The molecule has 0 bridgehead atoms. The molecule has 0 aliphatic heterocycles. The maximum atomic E-state index is 12.6. The predicted molar refractivity (Wildman–Crippen MR) is 97.3 cm³/mol. The van der Waals surface area contributed by atoms with Crippen molar-refractivity contribution in [2.45, 2.75) is 32.6 Å². The molecule has 0 spiro atoms. The highest BCUT2D eigenvalue weighted by atomic mass is 32.1. The van der Waals surface area contributed by atoms with Crippen molar-refractivity contribution in [1.82, 2.24) is 9.97 Å². The number of aryl methyl sites for hydroxylation is 1. The first-order valence-corrected chi connectivity index (χ1v) is 9.09. The molecule has 0 saturated carbocycles. The highest BCUT2D eigenvalue weighted by Gasteiger charge is 2.23. The fraction of sp³-hybridized carbons (Fsp3) is 0.333. The molecule has 1 unspecified atom stereocenters. The van der Waals surface area contributed by atoms with Crippen LogP contribution in [0.5, 0.6) is 0 Å². The summed E-state index contributed by atoms with van der Waals surface area (Å²) in [4.78, 5) is 32.5. The number of nitrogens with one attached hydrogen (secondary N) is 1. The molecule has 1 atom stereocenters. The Bertz CT molecular complexity index is 1020. The van der Waals surface area contributed by atoms with E-state index in [1.54, 1.807) is 23.5 Å². The average molecular weight is 355 g/mol. The van der Waals surface area contributed by atoms with E-state index >= 15 is 0 Å². The smallest absolute Gasteiger partial charge is 0.269 e. The summed E-state index contributed by atoms with van der Waals surface area (Å²) in [6.07, 6.45) is 3.53. The van der Waals surface area contributed by atoms with Gasteiger partial charge in [0.2, 0.25) is 0 Å². The van der Waals surface area contributed by atoms with E-state index in [1.165, 1.54) is 22.6 Å². The highest BCUT2D eigenvalue weighted by molar-refractivity contribution is 7.18. The largest absolute Gasteiger partial charge is 0.310 e. The maximum absolute atomic E-state index is 12.6. The summed E-state index contributed by atoms with van der Waals surface area (Å²) in [5.74, 6) is 1.25. The van der Waals surface area contributed by atoms with Gasteiger partial charge in [0.1, 0.15) is 10.7 Å². The van der Waals surface area contributed by atoms with Crippen LogP contribution in [0.25, 0.3) is 10.2 Å². The monoisotopic (exact) mass is 355 g/mol. The molecule has 0 fully saturated rings. The van der Waals surface area contributed by atoms with Crippen molar-refractivity contribution >= 4 is 27.2 Å². The van der Waals surface area contributed by atoms with E-state index in [9.17, 15) is 14.9 Å². The van der Waals surface area contributed by atoms with Gasteiger partial charge < -0.3 is 4.98 Å². The van der Waals surface area contributed by atoms with E-state index in [4.69, 9.17) is 0 Å². The number of H-pyrrole nitrogens is 1. The number of non-ortho nitro benzene ring substituents is 1. The molecule has 0 radical (unpaired) electrons. The highest BCUT2D eigenvalue weighted by Crippen LogP contribution is 2.35. The SMILES string of the molecule is CC1CCc2c(sc3nc(Cc4ccc([N+](=O)[O-])cc4)[nH]c(=O)c23)C1. The van der Waals surface area contributed by atoms with Crippen molar-refractivity contribution in [1.29, 1.82) is 0 Å². The molecule has 7 heteroatoms. The van der Waals surface area contributed by atoms with E-state index in [-0.39, 0.29) is 11.2 Å². The van der Waals surface area contributed by atoms with Gasteiger partial charge >= 0.3 is 0 Å². The lowest BCUT2D eigenvalue weighted by Crippen LogP contribution is -2.14. The number of hydrogen-bond acceptors (Lipinski definition) is 5. The Morgan fingerprint density at radius 3 is 2.84 bits per heavy atom. The number of aromatic amines is 1. The second kappa shape index (κ2) is 6.07. The number of rotatable bonds is 3. The molecule has 2 heterocycles. The van der Waals surface area contributed by atoms with Gasteiger partial charge in [0.25, 0.3) is 11.2 Å². The number of nitro groups is 1. The van der Waals surface area contributed by atoms with Crippen LogP contribution in [0.3, 0.4) is 0 Å². The third-order valence-corrected chi connectivity index (χ3v) is 5.88. The normalized spacial score (nSPS) is 16.8. The van der Waals surface area contributed by atoms with Crippen molar-refractivity contribution in [2.75, 3.05) is 0 Å². The zero-order chi connectivity index (χ0) is 17.6. The first-order chi connectivity index (χ1) is 12.0. The molecular weight excluding hydrogens is 338 g/mol. The maximum Gasteiger partial charge on any atom is 0.269 e. The summed E-state index contributed by atoms with van der Waals surface area (Å²) >= 11 is 1.63. The van der Waals surface area contributed by atoms with Gasteiger partial charge in [-0.1, -0.05) is 19.1 Å². The second-order valence-corrected chi connectivity index (χ2v) is 7.73. The lowest BCUT2D eigenvalue weighted by atomic mass is 9.89. The van der Waals surface area contributed by atoms with Crippen LogP contribution in [0.4, 0.5) is 5.69 Å². The minimum Gasteiger partial charge on any atom is -0.310 e. The summed E-state index contributed by atoms with van der Waals surface area (Å²) in [5, 5.41) is 11.5. The van der Waals surface area contributed by atoms with Gasteiger partial charge in [-0.25, -0.2) is 4.98 Å². The Morgan fingerprint density at radius 1 is 1.36 bits per heavy atom. The van der Waals surface area contributed by atoms with Crippen molar-refractivity contribution in [3.8, 4) is 0 Å². The summed E-state index contributed by atoms with van der Waals surface area (Å²) in [6.45, 7) is 2.24. The number of fused-ring (bicyclic) bond motifs is 3. The Balaban J connectivity index is 1.69. The predicted octanol–water partition coefficient (Wildman–Crippen LogP) is 3.61. The van der Waals surface area contributed by atoms with Crippen molar-refractivity contribution < 1.29 is 4.92 Å². The van der Waals surface area contributed by atoms with Crippen LogP contribution in [-0.2, 0) is 19.3 Å². The molecular formula is C18H17N3O3S. The van der Waals surface area contributed by atoms with Crippen molar-refractivity contribution in [2.24, 2.45) is 5.92 Å². The van der Waals surface area contributed by atoms with Gasteiger partial charge in [-0.2, -0.15) is 0 Å². The van der Waals surface area contributed by atoms with Crippen LogP contribution in [0, 0.1) is 16.0 Å². The summed E-state index contributed by atoms with van der Waals surface area (Å²) in [5.41, 5.74) is 2.03. The van der Waals surface area contributed by atoms with Gasteiger partial charge in [0, 0.05) is 23.4 Å². The molecule has 25 heavy (non-hydrogen) atoms.